The molecule has 0 aliphatic carbocycles. The maximum absolute atomic E-state index is 13.1. The Balaban J connectivity index is 1.70. The molecule has 4 heteroatoms. The molecule has 0 radical (unpaired) electrons. The second-order valence-corrected chi connectivity index (χ2v) is 12.2. The SMILES string of the molecule is CCCCC(C)(C)C(=O)c1cccc(C(=O)Oc2ccc(C(C)(C)c3ccc(OC(C)(C)CC)cc3)cc2)c1. The van der Waals surface area contributed by atoms with Gasteiger partial charge in [-0.15, -0.1) is 0 Å². The first-order chi connectivity index (χ1) is 18.3. The van der Waals surface area contributed by atoms with E-state index in [1.165, 1.54) is 0 Å². The summed E-state index contributed by atoms with van der Waals surface area (Å²) in [6, 6.07) is 22.7. The Morgan fingerprint density at radius 2 is 1.26 bits per heavy atom. The molecule has 0 spiro atoms. The van der Waals surface area contributed by atoms with Gasteiger partial charge in [0, 0.05) is 16.4 Å². The first-order valence-electron chi connectivity index (χ1n) is 14.1. The van der Waals surface area contributed by atoms with Crippen molar-refractivity contribution in [3.05, 3.63) is 95.1 Å². The third kappa shape index (κ3) is 7.59. The monoisotopic (exact) mass is 528 g/mol. The molecule has 0 heterocycles. The lowest BCUT2D eigenvalue weighted by molar-refractivity contribution is 0.0734. The highest BCUT2D eigenvalue weighted by Gasteiger charge is 2.29. The van der Waals surface area contributed by atoms with E-state index >= 15 is 0 Å². The molecule has 0 unspecified atom stereocenters. The molecule has 0 saturated carbocycles. The first-order valence-corrected chi connectivity index (χ1v) is 14.1. The van der Waals surface area contributed by atoms with Gasteiger partial charge in [-0.05, 0) is 74.2 Å². The van der Waals surface area contributed by atoms with E-state index in [1.54, 1.807) is 24.3 Å². The van der Waals surface area contributed by atoms with E-state index < -0.39 is 11.4 Å². The molecule has 0 saturated heterocycles. The molecular formula is C35H44O4. The summed E-state index contributed by atoms with van der Waals surface area (Å²) in [7, 11) is 0. The van der Waals surface area contributed by atoms with Crippen LogP contribution in [0.3, 0.4) is 0 Å². The highest BCUT2D eigenvalue weighted by molar-refractivity contribution is 6.02. The minimum atomic E-state index is -0.478. The van der Waals surface area contributed by atoms with Gasteiger partial charge in [0.1, 0.15) is 17.1 Å². The second kappa shape index (κ2) is 12.2. The summed E-state index contributed by atoms with van der Waals surface area (Å²) in [5, 5.41) is 0. The van der Waals surface area contributed by atoms with Crippen molar-refractivity contribution in [1.82, 2.24) is 0 Å². The number of ether oxygens (including phenoxy) is 2. The summed E-state index contributed by atoms with van der Waals surface area (Å²) in [5.41, 5.74) is 2.25. The molecule has 3 aromatic rings. The summed E-state index contributed by atoms with van der Waals surface area (Å²) in [5.74, 6) is 0.892. The number of unbranched alkanes of at least 4 members (excludes halogenated alkanes) is 1. The van der Waals surface area contributed by atoms with Crippen molar-refractivity contribution in [1.29, 1.82) is 0 Å². The molecular weight excluding hydrogens is 484 g/mol. The van der Waals surface area contributed by atoms with Gasteiger partial charge >= 0.3 is 5.97 Å². The highest BCUT2D eigenvalue weighted by Crippen LogP contribution is 2.34. The summed E-state index contributed by atoms with van der Waals surface area (Å²) >= 11 is 0. The number of rotatable bonds is 12. The van der Waals surface area contributed by atoms with Crippen molar-refractivity contribution in [3.63, 3.8) is 0 Å². The van der Waals surface area contributed by atoms with Gasteiger partial charge in [0.25, 0.3) is 0 Å². The quantitative estimate of drug-likeness (QED) is 0.134. The molecule has 0 fully saturated rings. The lowest BCUT2D eigenvalue weighted by Gasteiger charge is -2.28. The van der Waals surface area contributed by atoms with Crippen molar-refractivity contribution < 1.29 is 19.1 Å². The van der Waals surface area contributed by atoms with Crippen LogP contribution in [0.2, 0.25) is 0 Å². The predicted molar refractivity (Wildman–Crippen MR) is 159 cm³/mol. The van der Waals surface area contributed by atoms with Crippen LogP contribution in [0.5, 0.6) is 11.5 Å². The fourth-order valence-corrected chi connectivity index (χ4v) is 4.51. The molecule has 208 valence electrons. The van der Waals surface area contributed by atoms with E-state index in [9.17, 15) is 9.59 Å². The largest absolute Gasteiger partial charge is 0.488 e. The Bertz CT molecular complexity index is 1260. The zero-order chi connectivity index (χ0) is 28.8. The van der Waals surface area contributed by atoms with E-state index in [-0.39, 0.29) is 16.8 Å². The van der Waals surface area contributed by atoms with E-state index in [4.69, 9.17) is 9.47 Å². The Hall–Kier alpha value is -3.40. The van der Waals surface area contributed by atoms with Gasteiger partial charge in [0.05, 0.1) is 5.56 Å². The van der Waals surface area contributed by atoms with Crippen LogP contribution >= 0.6 is 0 Å². The second-order valence-electron chi connectivity index (χ2n) is 12.2. The first kappa shape index (κ1) is 30.1. The summed E-state index contributed by atoms with van der Waals surface area (Å²) < 4.78 is 11.8. The normalized spacial score (nSPS) is 12.2. The molecule has 0 bridgehead atoms. The van der Waals surface area contributed by atoms with Gasteiger partial charge < -0.3 is 9.47 Å². The molecule has 0 atom stereocenters. The van der Waals surface area contributed by atoms with Crippen LogP contribution in [0.25, 0.3) is 0 Å². The average molecular weight is 529 g/mol. The zero-order valence-electron chi connectivity index (χ0n) is 24.9. The standard InChI is InChI=1S/C35H44O4/c1-9-11-23-33(3,4)31(36)25-13-12-14-26(24-25)32(37)38-29-19-15-27(16-20-29)35(7,8)28-17-21-30(22-18-28)39-34(5,6)10-2/h12-22,24H,9-11,23H2,1-8H3. The Morgan fingerprint density at radius 3 is 1.79 bits per heavy atom. The number of ketones is 1. The van der Waals surface area contributed by atoms with Crippen LogP contribution in [-0.2, 0) is 5.41 Å². The number of hydrogen-bond donors (Lipinski definition) is 0. The fourth-order valence-electron chi connectivity index (χ4n) is 4.51. The lowest BCUT2D eigenvalue weighted by Crippen LogP contribution is -2.26. The zero-order valence-corrected chi connectivity index (χ0v) is 24.9. The van der Waals surface area contributed by atoms with Crippen LogP contribution < -0.4 is 9.47 Å². The maximum atomic E-state index is 13.1. The Morgan fingerprint density at radius 1 is 0.718 bits per heavy atom. The minimum absolute atomic E-state index is 0.0471. The van der Waals surface area contributed by atoms with Gasteiger partial charge in [-0.25, -0.2) is 4.79 Å². The van der Waals surface area contributed by atoms with E-state index in [0.29, 0.717) is 16.9 Å². The van der Waals surface area contributed by atoms with Gasteiger partial charge in [-0.2, -0.15) is 0 Å². The average Bonchev–Trinajstić information content (AvgIpc) is 2.92. The highest BCUT2D eigenvalue weighted by atomic mass is 16.5. The molecule has 0 aromatic heterocycles. The molecule has 3 aromatic carbocycles. The van der Waals surface area contributed by atoms with Crippen molar-refractivity contribution in [3.8, 4) is 11.5 Å². The topological polar surface area (TPSA) is 52.6 Å². The van der Waals surface area contributed by atoms with Gasteiger partial charge in [-0.1, -0.05) is 90.8 Å². The molecule has 0 aliphatic heterocycles. The Kier molecular flexibility index (Phi) is 9.43. The van der Waals surface area contributed by atoms with Crippen molar-refractivity contribution in [2.45, 2.75) is 92.1 Å². The molecule has 4 nitrogen and oxygen atoms in total. The third-order valence-electron chi connectivity index (χ3n) is 7.74. The Labute approximate surface area is 234 Å². The molecule has 0 N–H and O–H groups in total. The van der Waals surface area contributed by atoms with Crippen molar-refractivity contribution >= 4 is 11.8 Å². The van der Waals surface area contributed by atoms with Crippen LogP contribution in [0.4, 0.5) is 0 Å². The van der Waals surface area contributed by atoms with Crippen LogP contribution in [0.15, 0.2) is 72.8 Å². The van der Waals surface area contributed by atoms with E-state index in [1.807, 2.05) is 50.2 Å². The van der Waals surface area contributed by atoms with Crippen LogP contribution in [-0.4, -0.2) is 17.4 Å². The fraction of sp³-hybridized carbons (Fsp3) is 0.429. The molecule has 0 amide bonds. The van der Waals surface area contributed by atoms with Gasteiger partial charge in [-0.3, -0.25) is 4.79 Å². The van der Waals surface area contributed by atoms with Crippen LogP contribution in [0, 0.1) is 5.41 Å². The summed E-state index contributed by atoms with van der Waals surface area (Å²) in [4.78, 5) is 26.0. The molecule has 3 rings (SSSR count). The van der Waals surface area contributed by atoms with Crippen LogP contribution in [0.1, 0.15) is 113 Å². The molecule has 0 aliphatic rings. The summed E-state index contributed by atoms with van der Waals surface area (Å²) in [6.45, 7) is 16.7. The van der Waals surface area contributed by atoms with E-state index in [2.05, 4.69) is 53.7 Å². The van der Waals surface area contributed by atoms with Gasteiger partial charge in [0.15, 0.2) is 5.78 Å². The number of hydrogen-bond acceptors (Lipinski definition) is 4. The van der Waals surface area contributed by atoms with Gasteiger partial charge in [0.2, 0.25) is 0 Å². The number of Topliss-reactive ketones (excluding diaryl/α,β-unsaturated/α-hetero) is 1. The number of benzene rings is 3. The molecule has 39 heavy (non-hydrogen) atoms. The van der Waals surface area contributed by atoms with Crippen molar-refractivity contribution in [2.24, 2.45) is 5.41 Å². The van der Waals surface area contributed by atoms with E-state index in [0.717, 1.165) is 42.6 Å². The minimum Gasteiger partial charge on any atom is -0.488 e. The predicted octanol–water partition coefficient (Wildman–Crippen LogP) is 9.20. The third-order valence-corrected chi connectivity index (χ3v) is 7.74. The lowest BCUT2D eigenvalue weighted by atomic mass is 9.78. The smallest absolute Gasteiger partial charge is 0.343 e. The number of esters is 1. The number of carbonyl (C=O) groups is 2. The number of carbonyl (C=O) groups excluding carboxylic acids is 2. The maximum Gasteiger partial charge on any atom is 0.343 e. The van der Waals surface area contributed by atoms with Crippen molar-refractivity contribution in [2.75, 3.05) is 0 Å². The summed E-state index contributed by atoms with van der Waals surface area (Å²) in [6.07, 6.45) is 3.77.